The zero-order valence-electron chi connectivity index (χ0n) is 14.7. The quantitative estimate of drug-likeness (QED) is 0.576. The molecule has 0 bridgehead atoms. The molecule has 25 heavy (non-hydrogen) atoms. The number of hydrogen-bond donors (Lipinski definition) is 0. The summed E-state index contributed by atoms with van der Waals surface area (Å²) in [4.78, 5) is 0. The van der Waals surface area contributed by atoms with E-state index in [0.29, 0.717) is 0 Å². The molecule has 0 aromatic heterocycles. The van der Waals surface area contributed by atoms with Gasteiger partial charge in [0.2, 0.25) is 0 Å². The number of halogens is 2. The van der Waals surface area contributed by atoms with Gasteiger partial charge in [0.25, 0.3) is 0 Å². The number of fused-ring (bicyclic) bond motifs is 2. The van der Waals surface area contributed by atoms with Crippen LogP contribution >= 0.6 is 11.6 Å². The monoisotopic (exact) mass is 415 g/mol. The first-order chi connectivity index (χ1) is 11.7. The molecule has 0 atom stereocenters. The van der Waals surface area contributed by atoms with Crippen molar-refractivity contribution in [2.75, 3.05) is 13.1 Å². The Morgan fingerprint density at radius 3 is 2.00 bits per heavy atom. The van der Waals surface area contributed by atoms with Gasteiger partial charge in [-0.1, -0.05) is 66.2 Å². The summed E-state index contributed by atoms with van der Waals surface area (Å²) in [6.45, 7) is 9.01. The summed E-state index contributed by atoms with van der Waals surface area (Å²) >= 11 is 6.88. The van der Waals surface area contributed by atoms with Crippen LogP contribution in [0.1, 0.15) is 25.0 Å². The van der Waals surface area contributed by atoms with E-state index in [1.54, 1.807) is 0 Å². The molecule has 130 valence electrons. The van der Waals surface area contributed by atoms with Crippen molar-refractivity contribution in [3.63, 3.8) is 0 Å². The van der Waals surface area contributed by atoms with E-state index in [2.05, 4.69) is 68.4 Å². The molecule has 4 rings (SSSR count). The lowest BCUT2D eigenvalue weighted by atomic mass is 9.91. The van der Waals surface area contributed by atoms with E-state index in [-0.39, 0.29) is 17.0 Å². The first-order valence-electron chi connectivity index (χ1n) is 8.81. The second-order valence-electron chi connectivity index (χ2n) is 6.85. The van der Waals surface area contributed by atoms with E-state index in [9.17, 15) is 0 Å². The third-order valence-corrected chi connectivity index (χ3v) is 6.19. The Labute approximate surface area is 165 Å². The van der Waals surface area contributed by atoms with E-state index < -0.39 is 0 Å². The molecule has 3 aromatic carbocycles. The Kier molecular flexibility index (Phi) is 5.24. The summed E-state index contributed by atoms with van der Waals surface area (Å²) in [7, 11) is 0. The van der Waals surface area contributed by atoms with E-state index >= 15 is 0 Å². The van der Waals surface area contributed by atoms with Crippen molar-refractivity contribution in [1.29, 1.82) is 0 Å². The van der Waals surface area contributed by atoms with Gasteiger partial charge in [0.05, 0.1) is 18.1 Å². The molecule has 0 radical (unpaired) electrons. The van der Waals surface area contributed by atoms with Gasteiger partial charge in [-0.3, -0.25) is 0 Å². The van der Waals surface area contributed by atoms with Crippen molar-refractivity contribution in [2.45, 2.75) is 26.9 Å². The first kappa shape index (κ1) is 18.4. The average Bonchev–Trinajstić information content (AvgIpc) is 3.04. The summed E-state index contributed by atoms with van der Waals surface area (Å²) in [5.41, 5.74) is 5.49. The lowest BCUT2D eigenvalue weighted by molar-refractivity contribution is -0.944. The molecule has 1 aliphatic heterocycles. The van der Waals surface area contributed by atoms with Crippen LogP contribution in [0.15, 0.2) is 54.6 Å². The van der Waals surface area contributed by atoms with Crippen LogP contribution in [-0.4, -0.2) is 17.6 Å². The average molecular weight is 417 g/mol. The molecule has 1 aliphatic rings. The maximum Gasteiger partial charge on any atom is 0.107 e. The molecule has 0 N–H and O–H groups in total. The van der Waals surface area contributed by atoms with Crippen LogP contribution in [0.5, 0.6) is 0 Å². The molecule has 0 spiro atoms. The van der Waals surface area contributed by atoms with Crippen LogP contribution in [0, 0.1) is 0 Å². The number of benzene rings is 3. The molecule has 0 saturated heterocycles. The van der Waals surface area contributed by atoms with Gasteiger partial charge in [-0.05, 0) is 30.4 Å². The summed E-state index contributed by atoms with van der Waals surface area (Å²) in [6.07, 6.45) is 0. The Morgan fingerprint density at radius 1 is 0.800 bits per heavy atom. The lowest BCUT2D eigenvalue weighted by Crippen LogP contribution is -3.00. The highest BCUT2D eigenvalue weighted by atomic mass is 79.9. The fraction of sp³-hybridized carbons (Fsp3) is 0.273. The summed E-state index contributed by atoms with van der Waals surface area (Å²) in [5, 5.41) is 3.42. The molecular weight excluding hydrogens is 394 g/mol. The summed E-state index contributed by atoms with van der Waals surface area (Å²) in [6, 6.07) is 19.4. The molecule has 1 nitrogen and oxygen atoms in total. The van der Waals surface area contributed by atoms with Gasteiger partial charge in [-0.15, -0.1) is 0 Å². The minimum Gasteiger partial charge on any atom is -1.00 e. The molecule has 0 amide bonds. The van der Waals surface area contributed by atoms with E-state index in [0.717, 1.165) is 35.7 Å². The molecule has 0 saturated carbocycles. The van der Waals surface area contributed by atoms with Crippen molar-refractivity contribution >= 4 is 22.4 Å². The van der Waals surface area contributed by atoms with Gasteiger partial charge >= 0.3 is 0 Å². The van der Waals surface area contributed by atoms with E-state index in [1.807, 2.05) is 0 Å². The van der Waals surface area contributed by atoms with Crippen LogP contribution in [0.2, 0.25) is 5.02 Å². The second-order valence-corrected chi connectivity index (χ2v) is 7.23. The fourth-order valence-corrected chi connectivity index (χ4v) is 4.51. The van der Waals surface area contributed by atoms with Crippen LogP contribution in [0.4, 0.5) is 0 Å². The van der Waals surface area contributed by atoms with Crippen molar-refractivity contribution in [1.82, 2.24) is 0 Å². The molecule has 3 heteroatoms. The number of rotatable bonds is 3. The number of hydrogen-bond acceptors (Lipinski definition) is 0. The molecule has 0 fully saturated rings. The summed E-state index contributed by atoms with van der Waals surface area (Å²) < 4.78 is 1.10. The third-order valence-electron chi connectivity index (χ3n) is 5.76. The van der Waals surface area contributed by atoms with Gasteiger partial charge in [0.1, 0.15) is 13.1 Å². The minimum atomic E-state index is 0. The Hall–Kier alpha value is -1.35. The fourth-order valence-electron chi connectivity index (χ4n) is 4.17. The predicted octanol–water partition coefficient (Wildman–Crippen LogP) is 3.03. The van der Waals surface area contributed by atoms with Gasteiger partial charge in [0, 0.05) is 16.5 Å². The van der Waals surface area contributed by atoms with Crippen molar-refractivity contribution in [3.05, 3.63) is 70.7 Å². The van der Waals surface area contributed by atoms with Crippen molar-refractivity contribution in [3.8, 4) is 11.1 Å². The highest BCUT2D eigenvalue weighted by Gasteiger charge is 2.37. The zero-order chi connectivity index (χ0) is 16.7. The van der Waals surface area contributed by atoms with Crippen molar-refractivity contribution < 1.29 is 21.5 Å². The standard InChI is InChI=1S/C22H23ClN.BrH/c1-3-24(4-2)14-19-20(15-24)22(23)18-13-9-8-12-17(18)21(19)16-10-6-5-7-11-16;/h5-13H,3-4,14-15H2,1-2H3;1H/q+1;/p-1. The maximum absolute atomic E-state index is 6.88. The topological polar surface area (TPSA) is 0 Å². The smallest absolute Gasteiger partial charge is 0.107 e. The highest BCUT2D eigenvalue weighted by Crippen LogP contribution is 2.45. The molecule has 3 aromatic rings. The second kappa shape index (κ2) is 7.11. The lowest BCUT2D eigenvalue weighted by Gasteiger charge is -2.31. The normalized spacial score (nSPS) is 15.0. The van der Waals surface area contributed by atoms with Gasteiger partial charge in [-0.2, -0.15) is 0 Å². The Bertz CT molecular complexity index is 901. The van der Waals surface area contributed by atoms with Gasteiger partial charge in [-0.25, -0.2) is 0 Å². The molecule has 1 heterocycles. The third kappa shape index (κ3) is 2.91. The van der Waals surface area contributed by atoms with Gasteiger partial charge < -0.3 is 21.5 Å². The Balaban J connectivity index is 0.00000182. The minimum absolute atomic E-state index is 0. The molecular formula is C22H23BrClN. The van der Waals surface area contributed by atoms with E-state index in [4.69, 9.17) is 11.6 Å². The van der Waals surface area contributed by atoms with Crippen LogP contribution in [0.25, 0.3) is 21.9 Å². The first-order valence-corrected chi connectivity index (χ1v) is 9.19. The number of quaternary nitrogens is 1. The van der Waals surface area contributed by atoms with Crippen LogP contribution < -0.4 is 17.0 Å². The number of nitrogens with zero attached hydrogens (tertiary/aromatic N) is 1. The SMILES string of the molecule is CC[N+]1(CC)Cc2c(c(-c3ccccc3)c3ccccc3c2Cl)C1.[Br-]. The highest BCUT2D eigenvalue weighted by molar-refractivity contribution is 6.37. The largest absolute Gasteiger partial charge is 1.00 e. The maximum atomic E-state index is 6.88. The zero-order valence-corrected chi connectivity index (χ0v) is 17.1. The van der Waals surface area contributed by atoms with Gasteiger partial charge in [0.15, 0.2) is 0 Å². The molecule has 0 unspecified atom stereocenters. The van der Waals surface area contributed by atoms with E-state index in [1.165, 1.54) is 33.0 Å². The molecule has 0 aliphatic carbocycles. The van der Waals surface area contributed by atoms with Crippen LogP contribution in [0.3, 0.4) is 0 Å². The summed E-state index contributed by atoms with van der Waals surface area (Å²) in [5.74, 6) is 0. The predicted molar refractivity (Wildman–Crippen MR) is 103 cm³/mol. The Morgan fingerprint density at radius 2 is 1.36 bits per heavy atom. The van der Waals surface area contributed by atoms with Crippen LogP contribution in [-0.2, 0) is 13.1 Å². The van der Waals surface area contributed by atoms with Crippen molar-refractivity contribution in [2.24, 2.45) is 0 Å².